The molecule has 8 nitrogen and oxygen atoms in total. The maximum atomic E-state index is 14.0. The molecule has 8 heteroatoms. The van der Waals surface area contributed by atoms with Crippen molar-refractivity contribution in [2.24, 2.45) is 17.8 Å². The van der Waals surface area contributed by atoms with Gasteiger partial charge in [-0.05, 0) is 18.8 Å². The average molecular weight is 461 g/mol. The van der Waals surface area contributed by atoms with Crippen molar-refractivity contribution in [1.82, 2.24) is 9.80 Å². The molecule has 1 unspecified atom stereocenters. The van der Waals surface area contributed by atoms with E-state index < -0.39 is 41.6 Å². The number of aliphatic hydroxyl groups excluding tert-OH is 1. The number of aliphatic hydroxyl groups is 1. The number of ether oxygens (including phenoxy) is 2. The molecule has 33 heavy (non-hydrogen) atoms. The van der Waals surface area contributed by atoms with Gasteiger partial charge in [-0.2, -0.15) is 0 Å². The van der Waals surface area contributed by atoms with Crippen molar-refractivity contribution in [2.75, 3.05) is 26.3 Å². The fourth-order valence-electron chi connectivity index (χ4n) is 5.81. The van der Waals surface area contributed by atoms with Crippen LogP contribution in [0.25, 0.3) is 0 Å². The van der Waals surface area contributed by atoms with E-state index in [1.165, 1.54) is 0 Å². The molecule has 1 spiro atoms. The lowest BCUT2D eigenvalue weighted by molar-refractivity contribution is -0.157. The number of carbonyl (C=O) groups is 3. The van der Waals surface area contributed by atoms with Crippen molar-refractivity contribution in [2.45, 2.75) is 70.2 Å². The molecular formula is C25H36N2O6. The molecule has 0 bridgehead atoms. The summed E-state index contributed by atoms with van der Waals surface area (Å²) in [6.45, 7) is 7.04. The molecule has 4 rings (SSSR count). The summed E-state index contributed by atoms with van der Waals surface area (Å²) in [4.78, 5) is 44.4. The molecule has 0 aromatic carbocycles. The number of fused-ring (bicyclic) bond motifs is 2. The van der Waals surface area contributed by atoms with Crippen LogP contribution in [-0.4, -0.2) is 82.8 Å². The SMILES string of the molecule is CCCCN1CC=C[C@]23O[C@H]4C=CCCOC(=O)[C@H]4[C@H]2C(=O)N([C@@H](CO)[C@@H](C)CC)C3C1=O. The van der Waals surface area contributed by atoms with Gasteiger partial charge in [-0.1, -0.05) is 57.9 Å². The largest absolute Gasteiger partial charge is 0.465 e. The summed E-state index contributed by atoms with van der Waals surface area (Å²) in [5, 5.41) is 10.3. The molecule has 0 aromatic rings. The third-order valence-corrected chi connectivity index (χ3v) is 7.77. The average Bonchev–Trinajstić information content (AvgIpc) is 3.18. The Morgan fingerprint density at radius 1 is 1.21 bits per heavy atom. The minimum Gasteiger partial charge on any atom is -0.465 e. The zero-order valence-corrected chi connectivity index (χ0v) is 19.8. The quantitative estimate of drug-likeness (QED) is 0.459. The number of carbonyl (C=O) groups excluding carboxylic acids is 3. The lowest BCUT2D eigenvalue weighted by atomic mass is 9.77. The second-order valence-electron chi connectivity index (χ2n) is 9.65. The summed E-state index contributed by atoms with van der Waals surface area (Å²) in [6.07, 6.45) is 9.95. The van der Waals surface area contributed by atoms with Gasteiger partial charge in [-0.25, -0.2) is 0 Å². The van der Waals surface area contributed by atoms with Crippen LogP contribution in [0.5, 0.6) is 0 Å². The van der Waals surface area contributed by atoms with E-state index in [2.05, 4.69) is 6.92 Å². The van der Waals surface area contributed by atoms with Gasteiger partial charge in [0.05, 0.1) is 31.3 Å². The molecule has 0 saturated carbocycles. The Morgan fingerprint density at radius 3 is 2.70 bits per heavy atom. The predicted octanol–water partition coefficient (Wildman–Crippen LogP) is 1.68. The van der Waals surface area contributed by atoms with Gasteiger partial charge in [0.15, 0.2) is 0 Å². The predicted molar refractivity (Wildman–Crippen MR) is 121 cm³/mol. The van der Waals surface area contributed by atoms with Crippen molar-refractivity contribution in [3.05, 3.63) is 24.3 Å². The van der Waals surface area contributed by atoms with Gasteiger partial charge in [0.25, 0.3) is 0 Å². The van der Waals surface area contributed by atoms with Crippen LogP contribution in [0.4, 0.5) is 0 Å². The van der Waals surface area contributed by atoms with Crippen LogP contribution in [0.2, 0.25) is 0 Å². The van der Waals surface area contributed by atoms with E-state index >= 15 is 0 Å². The molecule has 182 valence electrons. The highest BCUT2D eigenvalue weighted by Crippen LogP contribution is 2.54. The number of likely N-dealkylation sites (tertiary alicyclic amines) is 1. The smallest absolute Gasteiger partial charge is 0.312 e. The van der Waals surface area contributed by atoms with Crippen LogP contribution in [0, 0.1) is 17.8 Å². The molecule has 7 atom stereocenters. The van der Waals surface area contributed by atoms with E-state index in [1.54, 1.807) is 9.80 Å². The van der Waals surface area contributed by atoms with Gasteiger partial charge in [0, 0.05) is 13.1 Å². The monoisotopic (exact) mass is 460 g/mol. The van der Waals surface area contributed by atoms with Gasteiger partial charge in [0.2, 0.25) is 11.8 Å². The number of hydrogen-bond donors (Lipinski definition) is 1. The van der Waals surface area contributed by atoms with Crippen LogP contribution < -0.4 is 0 Å². The molecule has 4 heterocycles. The Hall–Kier alpha value is -2.19. The van der Waals surface area contributed by atoms with Gasteiger partial charge in [-0.15, -0.1) is 0 Å². The Kier molecular flexibility index (Phi) is 6.96. The Morgan fingerprint density at radius 2 is 2.00 bits per heavy atom. The first-order chi connectivity index (χ1) is 15.9. The third-order valence-electron chi connectivity index (χ3n) is 7.77. The van der Waals surface area contributed by atoms with Crippen LogP contribution >= 0.6 is 0 Å². The van der Waals surface area contributed by atoms with Crippen molar-refractivity contribution >= 4 is 17.8 Å². The fraction of sp³-hybridized carbons (Fsp3) is 0.720. The summed E-state index contributed by atoms with van der Waals surface area (Å²) in [7, 11) is 0. The molecule has 4 aliphatic heterocycles. The van der Waals surface area contributed by atoms with Crippen molar-refractivity contribution < 1.29 is 29.0 Å². The highest BCUT2D eigenvalue weighted by atomic mass is 16.6. The summed E-state index contributed by atoms with van der Waals surface area (Å²) in [5.74, 6) is -2.67. The van der Waals surface area contributed by atoms with Crippen LogP contribution in [0.3, 0.4) is 0 Å². The maximum absolute atomic E-state index is 14.0. The first-order valence-electron chi connectivity index (χ1n) is 12.3. The van der Waals surface area contributed by atoms with Crippen molar-refractivity contribution in [1.29, 1.82) is 0 Å². The number of nitrogens with zero attached hydrogens (tertiary/aromatic N) is 2. The summed E-state index contributed by atoms with van der Waals surface area (Å²) in [5.41, 5.74) is -1.26. The van der Waals surface area contributed by atoms with E-state index in [9.17, 15) is 19.5 Å². The Balaban J connectivity index is 1.84. The molecule has 2 amide bonds. The standard InChI is InChI=1S/C25H36N2O6/c1-4-6-12-26-13-9-11-25-20(19-18(33-25)10-7-8-14-32-24(19)31)22(29)27(21(25)23(26)30)17(15-28)16(3)5-2/h7,9-11,16-21,28H,4-6,8,12-15H2,1-3H3/t16-,17-,18-,19+,20-,21?,25-/m0/s1. The zero-order valence-electron chi connectivity index (χ0n) is 19.8. The zero-order chi connectivity index (χ0) is 23.8. The van der Waals surface area contributed by atoms with E-state index in [0.29, 0.717) is 19.5 Å². The molecule has 4 aliphatic rings. The van der Waals surface area contributed by atoms with E-state index in [0.717, 1.165) is 19.3 Å². The highest BCUT2D eigenvalue weighted by Gasteiger charge is 2.72. The van der Waals surface area contributed by atoms with Gasteiger partial charge >= 0.3 is 5.97 Å². The number of amides is 2. The second-order valence-corrected chi connectivity index (χ2v) is 9.65. The van der Waals surface area contributed by atoms with Gasteiger partial charge in [0.1, 0.15) is 17.6 Å². The second kappa shape index (κ2) is 9.58. The minimum absolute atomic E-state index is 0.0288. The van der Waals surface area contributed by atoms with Crippen molar-refractivity contribution in [3.63, 3.8) is 0 Å². The number of unbranched alkanes of at least 4 members (excludes halogenated alkanes) is 1. The van der Waals surface area contributed by atoms with Crippen LogP contribution in [0.15, 0.2) is 24.3 Å². The lowest BCUT2D eigenvalue weighted by Crippen LogP contribution is -2.59. The van der Waals surface area contributed by atoms with Crippen LogP contribution in [0.1, 0.15) is 46.5 Å². The molecule has 1 N–H and O–H groups in total. The summed E-state index contributed by atoms with van der Waals surface area (Å²) >= 11 is 0. The molecule has 0 radical (unpaired) electrons. The number of hydrogen-bond acceptors (Lipinski definition) is 6. The maximum Gasteiger partial charge on any atom is 0.312 e. The highest BCUT2D eigenvalue weighted by molar-refractivity contribution is 5.99. The Labute approximate surface area is 195 Å². The first kappa shape index (κ1) is 24.0. The van der Waals surface area contributed by atoms with E-state index in [-0.39, 0.29) is 30.9 Å². The first-order valence-corrected chi connectivity index (χ1v) is 12.3. The number of cyclic esters (lactones) is 1. The lowest BCUT2D eigenvalue weighted by Gasteiger charge is -2.40. The fourth-order valence-corrected chi connectivity index (χ4v) is 5.81. The van der Waals surface area contributed by atoms with Crippen LogP contribution in [-0.2, 0) is 23.9 Å². The number of rotatable bonds is 7. The molecule has 0 aromatic heterocycles. The van der Waals surface area contributed by atoms with E-state index in [4.69, 9.17) is 9.47 Å². The summed E-state index contributed by atoms with van der Waals surface area (Å²) < 4.78 is 12.0. The molecule has 2 saturated heterocycles. The molecule has 0 aliphatic carbocycles. The molecule has 2 fully saturated rings. The van der Waals surface area contributed by atoms with Gasteiger partial charge < -0.3 is 24.4 Å². The summed E-state index contributed by atoms with van der Waals surface area (Å²) in [6, 6.07) is -1.47. The molecular weight excluding hydrogens is 424 g/mol. The van der Waals surface area contributed by atoms with Crippen molar-refractivity contribution in [3.8, 4) is 0 Å². The topological polar surface area (TPSA) is 96.4 Å². The van der Waals surface area contributed by atoms with Gasteiger partial charge in [-0.3, -0.25) is 14.4 Å². The van der Waals surface area contributed by atoms with E-state index in [1.807, 2.05) is 38.2 Å². The number of esters is 1. The third kappa shape index (κ3) is 3.81. The Bertz CT molecular complexity index is 841. The normalized spacial score (nSPS) is 35.3. The minimum atomic E-state index is -1.26.